The number of aromatic nitrogens is 2. The highest BCUT2D eigenvalue weighted by molar-refractivity contribution is 7.39. The number of urea groups is 1. The highest BCUT2D eigenvalue weighted by Crippen LogP contribution is 2.34. The number of ether oxygens (including phenoxy) is 2. The fraction of sp³-hybridized carbons (Fsp3) is 0.323. The largest absolute Gasteiger partial charge is 0.496 e. The van der Waals surface area contributed by atoms with Crippen LogP contribution in [0.2, 0.25) is 0 Å². The second-order valence-electron chi connectivity index (χ2n) is 9.48. The van der Waals surface area contributed by atoms with E-state index in [1.165, 1.54) is 6.33 Å². The molecule has 3 aromatic rings. The molecule has 12 nitrogen and oxygen atoms in total. The van der Waals surface area contributed by atoms with Gasteiger partial charge in [0, 0.05) is 43.2 Å². The number of hydrogen-bond donors (Lipinski definition) is 5. The number of rotatable bonds is 19. The number of hydrogen-bond acceptors (Lipinski definition) is 10. The van der Waals surface area contributed by atoms with Crippen LogP contribution < -0.4 is 25.4 Å². The number of nitrogens with zero attached hydrogens (tertiary/aromatic N) is 3. The first-order chi connectivity index (χ1) is 21.4. The summed E-state index contributed by atoms with van der Waals surface area (Å²) in [5, 5.41) is 9.65. The topological polar surface area (TPSA) is 150 Å². The minimum Gasteiger partial charge on any atom is -0.496 e. The summed E-state index contributed by atoms with van der Waals surface area (Å²) >= 11 is 0. The number of carbonyl (C=O) groups excluding carboxylic acids is 1. The Kier molecular flexibility index (Phi) is 14.5. The van der Waals surface area contributed by atoms with Crippen LogP contribution in [0, 0.1) is 0 Å². The van der Waals surface area contributed by atoms with Gasteiger partial charge in [0.1, 0.15) is 23.6 Å². The lowest BCUT2D eigenvalue weighted by molar-refractivity contribution is 0.185. The summed E-state index contributed by atoms with van der Waals surface area (Å²) in [7, 11) is -0.721. The van der Waals surface area contributed by atoms with E-state index >= 15 is 0 Å². The zero-order valence-corrected chi connectivity index (χ0v) is 26.1. The van der Waals surface area contributed by atoms with Gasteiger partial charge in [-0.05, 0) is 49.2 Å². The first kappa shape index (κ1) is 34.4. The highest BCUT2D eigenvalue weighted by Gasteiger charge is 2.13. The molecule has 0 unspecified atom stereocenters. The third kappa shape index (κ3) is 11.2. The number of fused-ring (bicyclic) bond motifs is 1. The van der Waals surface area contributed by atoms with Crippen molar-refractivity contribution in [2.75, 3.05) is 57.1 Å². The second-order valence-corrected chi connectivity index (χ2v) is 10.2. The number of nitrogens with one attached hydrogen (secondary N) is 3. The van der Waals surface area contributed by atoms with E-state index in [1.54, 1.807) is 25.3 Å². The molecule has 0 aliphatic heterocycles. The molecule has 236 valence electrons. The molecule has 3 rings (SSSR count). The monoisotopic (exact) mass is 624 g/mol. The fourth-order valence-corrected chi connectivity index (χ4v) is 4.57. The molecule has 0 atom stereocenters. The van der Waals surface area contributed by atoms with Gasteiger partial charge in [-0.3, -0.25) is 0 Å². The van der Waals surface area contributed by atoms with E-state index in [9.17, 15) is 4.79 Å². The van der Waals surface area contributed by atoms with Crippen LogP contribution >= 0.6 is 8.60 Å². The van der Waals surface area contributed by atoms with Crippen LogP contribution in [0.5, 0.6) is 11.5 Å². The van der Waals surface area contributed by atoms with E-state index in [-0.39, 0.29) is 12.6 Å². The van der Waals surface area contributed by atoms with Gasteiger partial charge in [0.05, 0.1) is 31.2 Å². The Bertz CT molecular complexity index is 1400. The average Bonchev–Trinajstić information content (AvgIpc) is 3.02. The van der Waals surface area contributed by atoms with E-state index in [0.717, 1.165) is 36.9 Å². The molecule has 0 spiro atoms. The zero-order valence-electron chi connectivity index (χ0n) is 25.2. The van der Waals surface area contributed by atoms with E-state index in [4.69, 9.17) is 23.8 Å². The molecule has 13 heteroatoms. The maximum absolute atomic E-state index is 12.2. The van der Waals surface area contributed by atoms with Crippen molar-refractivity contribution in [2.45, 2.75) is 19.8 Å². The molecule has 0 aliphatic carbocycles. The van der Waals surface area contributed by atoms with Gasteiger partial charge in [0.2, 0.25) is 0 Å². The van der Waals surface area contributed by atoms with Crippen LogP contribution in [0.25, 0.3) is 10.9 Å². The molecule has 0 aliphatic rings. The van der Waals surface area contributed by atoms with E-state index in [2.05, 4.69) is 44.0 Å². The lowest BCUT2D eigenvalue weighted by Crippen LogP contribution is -2.29. The Balaban J connectivity index is 1.53. The zero-order chi connectivity index (χ0) is 31.7. The number of likely N-dealkylation sites (N-methyl/N-ethyl adjacent to an activating group) is 1. The maximum atomic E-state index is 12.2. The number of methoxy groups -OCH3 is 1. The summed E-state index contributed by atoms with van der Waals surface area (Å²) in [5.74, 6) is 1.92. The summed E-state index contributed by atoms with van der Waals surface area (Å²) < 4.78 is 16.5. The van der Waals surface area contributed by atoms with Crippen molar-refractivity contribution in [1.82, 2.24) is 20.2 Å². The quantitative estimate of drug-likeness (QED) is 0.0701. The van der Waals surface area contributed by atoms with Gasteiger partial charge in [0.15, 0.2) is 0 Å². The molecule has 2 amide bonds. The van der Waals surface area contributed by atoms with E-state index < -0.39 is 8.60 Å². The normalized spacial score (nSPS) is 11.5. The van der Waals surface area contributed by atoms with Crippen LogP contribution in [0.1, 0.15) is 18.9 Å². The minimum atomic E-state index is -2.32. The molecule has 44 heavy (non-hydrogen) atoms. The smallest absolute Gasteiger partial charge is 0.327 e. The van der Waals surface area contributed by atoms with Gasteiger partial charge in [-0.25, -0.2) is 14.8 Å². The molecular weight excluding hydrogens is 583 g/mol. The Labute approximate surface area is 259 Å². The lowest BCUT2D eigenvalue weighted by atomic mass is 10.1. The number of carbonyl (C=O) groups is 1. The maximum Gasteiger partial charge on any atom is 0.327 e. The van der Waals surface area contributed by atoms with Crippen LogP contribution in [0.15, 0.2) is 79.8 Å². The molecule has 0 radical (unpaired) electrons. The molecule has 2 aromatic carbocycles. The van der Waals surface area contributed by atoms with Crippen LogP contribution in [0.4, 0.5) is 16.3 Å². The van der Waals surface area contributed by atoms with Crippen molar-refractivity contribution >= 4 is 37.0 Å². The summed E-state index contributed by atoms with van der Waals surface area (Å²) in [5.41, 5.74) is 3.01. The van der Waals surface area contributed by atoms with E-state index in [1.807, 2.05) is 43.3 Å². The standard InChI is InChI=1S/C31H41N6O6P/c1-5-9-24(6-2)35-31(38)36-25-12-10-23(11-13-25)14-15-32-30-29-27(33-22-34-30)20-26(21-28(29)41-4)42-18-8-16-37(7-3)17-19-43-44(39)40/h5-6,9-13,20-22,39-40H,1-2,7-8,14-19H2,3-4H3,(H,32,33,34)(H2,35,36,38)/b24-9+. The van der Waals surface area contributed by atoms with Gasteiger partial charge in [-0.1, -0.05) is 38.3 Å². The molecule has 5 N–H and O–H groups in total. The SMILES string of the molecule is C=C/C=C(\C=C)NC(=O)Nc1ccc(CCNc2ncnc3cc(OCCCN(CC)CCOP(O)O)cc(OC)c23)cc1. The Hall–Kier alpha value is -4.06. The van der Waals surface area contributed by atoms with Crippen LogP contribution in [-0.4, -0.2) is 77.2 Å². The number of amides is 2. The molecule has 0 fully saturated rings. The van der Waals surface area contributed by atoms with Crippen LogP contribution in [-0.2, 0) is 10.9 Å². The van der Waals surface area contributed by atoms with Crippen molar-refractivity contribution in [1.29, 1.82) is 0 Å². The first-order valence-corrected chi connectivity index (χ1v) is 15.4. The number of allylic oxidation sites excluding steroid dienone is 3. The number of benzene rings is 2. The predicted octanol–water partition coefficient (Wildman–Crippen LogP) is 4.99. The minimum absolute atomic E-state index is 0.266. The lowest BCUT2D eigenvalue weighted by Gasteiger charge is -2.20. The van der Waals surface area contributed by atoms with Gasteiger partial charge in [-0.2, -0.15) is 0 Å². The average molecular weight is 625 g/mol. The van der Waals surface area contributed by atoms with Crippen molar-refractivity contribution in [3.05, 3.63) is 85.4 Å². The van der Waals surface area contributed by atoms with Gasteiger partial charge in [-0.15, -0.1) is 0 Å². The Morgan fingerprint density at radius 1 is 1.11 bits per heavy atom. The fourth-order valence-electron chi connectivity index (χ4n) is 4.33. The van der Waals surface area contributed by atoms with Gasteiger partial charge < -0.3 is 44.6 Å². The molecule has 1 aromatic heterocycles. The Morgan fingerprint density at radius 3 is 2.59 bits per heavy atom. The van der Waals surface area contributed by atoms with Crippen molar-refractivity contribution < 1.29 is 28.6 Å². The summed E-state index contributed by atoms with van der Waals surface area (Å²) in [6.45, 7) is 12.9. The Morgan fingerprint density at radius 2 is 1.91 bits per heavy atom. The van der Waals surface area contributed by atoms with Gasteiger partial charge in [0.25, 0.3) is 0 Å². The summed E-state index contributed by atoms with van der Waals surface area (Å²) in [4.78, 5) is 41.0. The molecule has 0 saturated carbocycles. The van der Waals surface area contributed by atoms with Crippen LogP contribution in [0.3, 0.4) is 0 Å². The van der Waals surface area contributed by atoms with Crippen molar-refractivity contribution in [3.63, 3.8) is 0 Å². The van der Waals surface area contributed by atoms with Crippen molar-refractivity contribution in [3.8, 4) is 11.5 Å². The number of anilines is 2. The second kappa shape index (κ2) is 18.6. The molecule has 0 bridgehead atoms. The summed E-state index contributed by atoms with van der Waals surface area (Å²) in [6, 6.07) is 11.0. The van der Waals surface area contributed by atoms with E-state index in [0.29, 0.717) is 53.9 Å². The summed E-state index contributed by atoms with van der Waals surface area (Å²) in [6.07, 6.45) is 7.79. The van der Waals surface area contributed by atoms with Crippen molar-refractivity contribution in [2.24, 2.45) is 0 Å². The predicted molar refractivity (Wildman–Crippen MR) is 175 cm³/mol. The van der Waals surface area contributed by atoms with Gasteiger partial charge >= 0.3 is 14.6 Å². The third-order valence-corrected chi connectivity index (χ3v) is 6.95. The molecule has 0 saturated heterocycles. The highest BCUT2D eigenvalue weighted by atomic mass is 31.2. The first-order valence-electron chi connectivity index (χ1n) is 14.2. The third-order valence-electron chi connectivity index (χ3n) is 6.54. The molecular formula is C31H41N6O6P. The molecule has 1 heterocycles.